The molecule has 0 amide bonds. The Hall–Kier alpha value is -0.260. The Morgan fingerprint density at radius 2 is 2.30 bits per heavy atom. The maximum atomic E-state index is 2.59. The summed E-state index contributed by atoms with van der Waals surface area (Å²) >= 11 is 0. The van der Waals surface area contributed by atoms with Gasteiger partial charge < -0.3 is 0 Å². The number of rotatable bonds is 0. The molecule has 5 aliphatic rings. The molecule has 0 heterocycles. The smallest absolute Gasteiger partial charge is 0.00455 e. The van der Waals surface area contributed by atoms with Crippen LogP contribution in [0.25, 0.3) is 0 Å². The van der Waals surface area contributed by atoms with Gasteiger partial charge in [0.25, 0.3) is 0 Å². The Kier molecular flexibility index (Phi) is 0.268. The van der Waals surface area contributed by atoms with Crippen LogP contribution in [0.1, 0.15) is 19.3 Å². The average molecular weight is 130 g/mol. The van der Waals surface area contributed by atoms with Crippen molar-refractivity contribution in [3.05, 3.63) is 11.6 Å². The summed E-state index contributed by atoms with van der Waals surface area (Å²) in [5.74, 6) is 3.47. The van der Waals surface area contributed by atoms with Crippen molar-refractivity contribution in [2.75, 3.05) is 0 Å². The Bertz CT molecular complexity index is 314. The van der Waals surface area contributed by atoms with Gasteiger partial charge in [0, 0.05) is 5.92 Å². The standard InChI is InChI=1S/C10H10/c1-6-7(1)10-3-5(10)2-9(6)4-8(9)10/h1,5-6,8H,2-4H2/t5?,6?,8?,9?,10-/m0/s1. The van der Waals surface area contributed by atoms with Crippen molar-refractivity contribution in [2.45, 2.75) is 19.3 Å². The van der Waals surface area contributed by atoms with Gasteiger partial charge in [-0.2, -0.15) is 0 Å². The van der Waals surface area contributed by atoms with Gasteiger partial charge in [-0.1, -0.05) is 11.6 Å². The molecule has 0 aliphatic heterocycles. The van der Waals surface area contributed by atoms with E-state index < -0.39 is 0 Å². The molecule has 0 aromatic carbocycles. The summed E-state index contributed by atoms with van der Waals surface area (Å²) in [5, 5.41) is 0. The van der Waals surface area contributed by atoms with Gasteiger partial charge in [0.1, 0.15) is 0 Å². The van der Waals surface area contributed by atoms with Crippen molar-refractivity contribution in [2.24, 2.45) is 28.6 Å². The molecule has 0 radical (unpaired) electrons. The van der Waals surface area contributed by atoms with E-state index in [4.69, 9.17) is 0 Å². The zero-order chi connectivity index (χ0) is 6.14. The summed E-state index contributed by atoms with van der Waals surface area (Å²) in [6.45, 7) is 0. The topological polar surface area (TPSA) is 0 Å². The second kappa shape index (κ2) is 0.680. The van der Waals surface area contributed by atoms with Gasteiger partial charge in [0.15, 0.2) is 0 Å². The predicted octanol–water partition coefficient (Wildman–Crippen LogP) is 1.97. The quantitative estimate of drug-likeness (QED) is 0.440. The Morgan fingerprint density at radius 1 is 1.30 bits per heavy atom. The summed E-state index contributed by atoms with van der Waals surface area (Å²) in [7, 11) is 0. The van der Waals surface area contributed by atoms with Gasteiger partial charge in [0.05, 0.1) is 0 Å². The highest BCUT2D eigenvalue weighted by atomic mass is 14.9. The molecule has 50 valence electrons. The van der Waals surface area contributed by atoms with E-state index in [1.165, 1.54) is 11.8 Å². The third-order valence-electron chi connectivity index (χ3n) is 5.25. The molecular weight excluding hydrogens is 120 g/mol. The minimum Gasteiger partial charge on any atom is -0.0764 e. The van der Waals surface area contributed by atoms with Crippen LogP contribution in [0, 0.1) is 28.6 Å². The zero-order valence-electron chi connectivity index (χ0n) is 5.93. The summed E-state index contributed by atoms with van der Waals surface area (Å²) in [4.78, 5) is 0. The summed E-state index contributed by atoms with van der Waals surface area (Å²) in [5.41, 5.74) is 3.75. The largest absolute Gasteiger partial charge is 0.0764 e. The molecule has 5 atom stereocenters. The van der Waals surface area contributed by atoms with E-state index in [-0.39, 0.29) is 0 Å². The molecule has 0 nitrogen and oxygen atoms in total. The molecule has 5 aliphatic carbocycles. The van der Waals surface area contributed by atoms with Crippen LogP contribution in [-0.4, -0.2) is 0 Å². The van der Waals surface area contributed by atoms with Gasteiger partial charge in [-0.3, -0.25) is 0 Å². The van der Waals surface area contributed by atoms with Crippen molar-refractivity contribution in [1.82, 2.24) is 0 Å². The average Bonchev–Trinajstić information content (AvgIpc) is 2.78. The minimum absolute atomic E-state index is 0.894. The first-order valence-corrected chi connectivity index (χ1v) is 4.60. The van der Waals surface area contributed by atoms with Crippen molar-refractivity contribution >= 4 is 0 Å². The van der Waals surface area contributed by atoms with Crippen LogP contribution in [0.4, 0.5) is 0 Å². The Labute approximate surface area is 60.3 Å². The molecule has 0 heteroatoms. The van der Waals surface area contributed by atoms with Crippen LogP contribution in [0.5, 0.6) is 0 Å². The first-order valence-electron chi connectivity index (χ1n) is 4.60. The fourth-order valence-corrected chi connectivity index (χ4v) is 4.81. The SMILES string of the molecule is C1=C2C1C13CC4C[C@@]24C1C3. The molecule has 4 fully saturated rings. The second-order valence-electron chi connectivity index (χ2n) is 5.24. The third kappa shape index (κ3) is 0.161. The fraction of sp³-hybridized carbons (Fsp3) is 0.800. The van der Waals surface area contributed by atoms with Gasteiger partial charge in [-0.05, 0) is 41.9 Å². The predicted molar refractivity (Wildman–Crippen MR) is 37.3 cm³/mol. The monoisotopic (exact) mass is 130 g/mol. The molecule has 0 aromatic heterocycles. The van der Waals surface area contributed by atoms with Crippen LogP contribution in [0.2, 0.25) is 0 Å². The van der Waals surface area contributed by atoms with E-state index in [9.17, 15) is 0 Å². The highest BCUT2D eigenvalue weighted by Gasteiger charge is 2.90. The number of hydrogen-bond donors (Lipinski definition) is 0. The van der Waals surface area contributed by atoms with Crippen LogP contribution in [0.3, 0.4) is 0 Å². The van der Waals surface area contributed by atoms with E-state index in [0.717, 1.165) is 16.7 Å². The second-order valence-corrected chi connectivity index (χ2v) is 5.24. The highest BCUT2D eigenvalue weighted by Crippen LogP contribution is 2.97. The third-order valence-corrected chi connectivity index (χ3v) is 5.25. The first-order chi connectivity index (χ1) is 4.88. The molecule has 4 saturated carbocycles. The molecule has 0 aromatic rings. The number of fused-ring (bicyclic) bond motifs is 1. The van der Waals surface area contributed by atoms with E-state index in [1.54, 1.807) is 19.3 Å². The molecular formula is C10H10. The normalized spacial score (nSPS) is 83.2. The van der Waals surface area contributed by atoms with Crippen LogP contribution in [-0.2, 0) is 0 Å². The summed E-state index contributed by atoms with van der Waals surface area (Å²) < 4.78 is 0. The van der Waals surface area contributed by atoms with E-state index in [2.05, 4.69) is 6.08 Å². The molecule has 10 heavy (non-hydrogen) atoms. The molecule has 1 spiro atoms. The minimum atomic E-state index is 0.894. The maximum Gasteiger partial charge on any atom is 0.00455 e. The lowest BCUT2D eigenvalue weighted by Crippen LogP contribution is -2.07. The molecule has 0 N–H and O–H groups in total. The molecule has 5 rings (SSSR count). The Balaban J connectivity index is 1.98. The fourth-order valence-electron chi connectivity index (χ4n) is 4.81. The van der Waals surface area contributed by atoms with Crippen LogP contribution >= 0.6 is 0 Å². The van der Waals surface area contributed by atoms with Crippen molar-refractivity contribution in [3.63, 3.8) is 0 Å². The van der Waals surface area contributed by atoms with Gasteiger partial charge in [-0.15, -0.1) is 0 Å². The summed E-state index contributed by atoms with van der Waals surface area (Å²) in [6.07, 6.45) is 7.44. The van der Waals surface area contributed by atoms with Gasteiger partial charge >= 0.3 is 0 Å². The molecule has 0 saturated heterocycles. The molecule has 2 bridgehead atoms. The van der Waals surface area contributed by atoms with Gasteiger partial charge in [-0.25, -0.2) is 0 Å². The Morgan fingerprint density at radius 3 is 3.00 bits per heavy atom. The number of hydrogen-bond acceptors (Lipinski definition) is 0. The van der Waals surface area contributed by atoms with Crippen LogP contribution < -0.4 is 0 Å². The lowest BCUT2D eigenvalue weighted by atomic mass is 9.89. The lowest BCUT2D eigenvalue weighted by molar-refractivity contribution is 0.408. The zero-order valence-corrected chi connectivity index (χ0v) is 5.93. The van der Waals surface area contributed by atoms with Crippen molar-refractivity contribution in [1.29, 1.82) is 0 Å². The van der Waals surface area contributed by atoms with Gasteiger partial charge in [0.2, 0.25) is 0 Å². The van der Waals surface area contributed by atoms with Crippen molar-refractivity contribution in [3.8, 4) is 0 Å². The number of allylic oxidation sites excluding steroid dienone is 2. The van der Waals surface area contributed by atoms with E-state index >= 15 is 0 Å². The van der Waals surface area contributed by atoms with E-state index in [1.807, 2.05) is 5.57 Å². The van der Waals surface area contributed by atoms with Crippen molar-refractivity contribution < 1.29 is 0 Å². The van der Waals surface area contributed by atoms with Crippen LogP contribution in [0.15, 0.2) is 11.6 Å². The highest BCUT2D eigenvalue weighted by molar-refractivity contribution is 5.59. The summed E-state index contributed by atoms with van der Waals surface area (Å²) in [6, 6.07) is 0. The lowest BCUT2D eigenvalue weighted by Gasteiger charge is -2.14. The molecule has 4 unspecified atom stereocenters. The maximum absolute atomic E-state index is 2.59. The first kappa shape index (κ1) is 3.94. The van der Waals surface area contributed by atoms with E-state index in [0.29, 0.717) is 0 Å².